The Labute approximate surface area is 184 Å². The fourth-order valence-corrected chi connectivity index (χ4v) is 5.09. The molecule has 1 aliphatic heterocycles. The lowest BCUT2D eigenvalue weighted by molar-refractivity contribution is -0.115. The van der Waals surface area contributed by atoms with E-state index in [1.165, 1.54) is 36.1 Å². The smallest absolute Gasteiger partial charge is 0.341 e. The number of benzene rings is 2. The molecule has 0 saturated carbocycles. The molecule has 2 aromatic carbocycles. The second-order valence-electron chi connectivity index (χ2n) is 7.50. The van der Waals surface area contributed by atoms with Crippen LogP contribution >= 0.6 is 11.3 Å². The number of methoxy groups -OCH3 is 1. The van der Waals surface area contributed by atoms with Gasteiger partial charge >= 0.3 is 5.97 Å². The first kappa shape index (κ1) is 21.2. The van der Waals surface area contributed by atoms with Crippen molar-refractivity contribution in [3.05, 3.63) is 87.5 Å². The predicted molar refractivity (Wildman–Crippen MR) is 119 cm³/mol. The van der Waals surface area contributed by atoms with E-state index >= 15 is 0 Å². The summed E-state index contributed by atoms with van der Waals surface area (Å²) >= 11 is 1.43. The van der Waals surface area contributed by atoms with Gasteiger partial charge in [0.25, 0.3) is 0 Å². The molecule has 160 valence electrons. The minimum absolute atomic E-state index is 0.101. The number of thiophene rings is 1. The van der Waals surface area contributed by atoms with E-state index in [-0.39, 0.29) is 18.1 Å². The summed E-state index contributed by atoms with van der Waals surface area (Å²) in [6, 6.07) is 16.1. The van der Waals surface area contributed by atoms with Gasteiger partial charge in [-0.15, -0.1) is 11.3 Å². The Balaban J connectivity index is 1.52. The maximum absolute atomic E-state index is 13.1. The first-order chi connectivity index (χ1) is 15.0. The highest BCUT2D eigenvalue weighted by Crippen LogP contribution is 2.38. The SMILES string of the molecule is COC(=O)c1c(NC(=O)Cc2ccc(F)cc2)sc2c1CCN(Cc1ccccc1)C2. The number of hydrogen-bond acceptors (Lipinski definition) is 5. The fraction of sp³-hybridized carbons (Fsp3) is 0.250. The zero-order valence-corrected chi connectivity index (χ0v) is 18.0. The van der Waals surface area contributed by atoms with E-state index in [9.17, 15) is 14.0 Å². The van der Waals surface area contributed by atoms with E-state index in [0.717, 1.165) is 30.0 Å². The molecule has 4 rings (SSSR count). The largest absolute Gasteiger partial charge is 0.465 e. The van der Waals surface area contributed by atoms with Gasteiger partial charge in [-0.2, -0.15) is 0 Å². The van der Waals surface area contributed by atoms with E-state index in [0.29, 0.717) is 22.7 Å². The van der Waals surface area contributed by atoms with Crippen molar-refractivity contribution in [3.8, 4) is 0 Å². The topological polar surface area (TPSA) is 58.6 Å². The minimum Gasteiger partial charge on any atom is -0.465 e. The van der Waals surface area contributed by atoms with Crippen molar-refractivity contribution in [1.29, 1.82) is 0 Å². The Bertz CT molecular complexity index is 1080. The fourth-order valence-electron chi connectivity index (χ4n) is 3.80. The lowest BCUT2D eigenvalue weighted by Gasteiger charge is -2.27. The van der Waals surface area contributed by atoms with E-state index in [1.807, 2.05) is 18.2 Å². The van der Waals surface area contributed by atoms with Crippen LogP contribution in [0.3, 0.4) is 0 Å². The maximum atomic E-state index is 13.1. The molecule has 0 fully saturated rings. The molecular formula is C24H23FN2O3S. The highest BCUT2D eigenvalue weighted by molar-refractivity contribution is 7.17. The molecule has 7 heteroatoms. The van der Waals surface area contributed by atoms with Gasteiger partial charge in [-0.3, -0.25) is 9.69 Å². The van der Waals surface area contributed by atoms with Gasteiger partial charge in [-0.05, 0) is 35.2 Å². The number of hydrogen-bond donors (Lipinski definition) is 1. The lowest BCUT2D eigenvalue weighted by Crippen LogP contribution is -2.29. The summed E-state index contributed by atoms with van der Waals surface area (Å²) in [5.41, 5.74) is 3.35. The van der Waals surface area contributed by atoms with Crippen LogP contribution < -0.4 is 5.32 Å². The molecule has 0 saturated heterocycles. The molecule has 0 atom stereocenters. The van der Waals surface area contributed by atoms with Crippen LogP contribution in [-0.2, 0) is 35.5 Å². The van der Waals surface area contributed by atoms with Crippen LogP contribution in [0.4, 0.5) is 9.39 Å². The van der Waals surface area contributed by atoms with Gasteiger partial charge in [0.2, 0.25) is 5.91 Å². The predicted octanol–water partition coefficient (Wildman–Crippen LogP) is 4.41. The molecule has 1 N–H and O–H groups in total. The lowest BCUT2D eigenvalue weighted by atomic mass is 10.0. The number of halogens is 1. The molecule has 1 amide bonds. The van der Waals surface area contributed by atoms with Gasteiger partial charge in [0, 0.05) is 24.5 Å². The number of carbonyl (C=O) groups is 2. The number of carbonyl (C=O) groups excluding carboxylic acids is 2. The summed E-state index contributed by atoms with van der Waals surface area (Å²) in [7, 11) is 1.35. The number of nitrogens with zero attached hydrogens (tertiary/aromatic N) is 1. The normalized spacial score (nSPS) is 13.5. The van der Waals surface area contributed by atoms with Crippen molar-refractivity contribution >= 4 is 28.2 Å². The van der Waals surface area contributed by atoms with Crippen molar-refractivity contribution in [2.75, 3.05) is 19.0 Å². The second-order valence-corrected chi connectivity index (χ2v) is 8.60. The minimum atomic E-state index is -0.439. The number of esters is 1. The molecule has 5 nitrogen and oxygen atoms in total. The van der Waals surface area contributed by atoms with Crippen molar-refractivity contribution in [2.24, 2.45) is 0 Å². The van der Waals surface area contributed by atoms with Crippen LogP contribution in [0.25, 0.3) is 0 Å². The molecule has 0 bridgehead atoms. The highest BCUT2D eigenvalue weighted by atomic mass is 32.1. The van der Waals surface area contributed by atoms with E-state index in [4.69, 9.17) is 4.74 Å². The summed E-state index contributed by atoms with van der Waals surface area (Å²) in [6.07, 6.45) is 0.820. The molecule has 0 radical (unpaired) electrons. The van der Waals surface area contributed by atoms with E-state index in [1.54, 1.807) is 12.1 Å². The third-order valence-corrected chi connectivity index (χ3v) is 6.44. The number of rotatable bonds is 6. The van der Waals surface area contributed by atoms with Crippen LogP contribution in [0.1, 0.15) is 31.9 Å². The second kappa shape index (κ2) is 9.41. The molecule has 3 aromatic rings. The van der Waals surface area contributed by atoms with Crippen molar-refractivity contribution in [2.45, 2.75) is 25.9 Å². The summed E-state index contributed by atoms with van der Waals surface area (Å²) in [6.45, 7) is 2.37. The number of anilines is 1. The zero-order valence-electron chi connectivity index (χ0n) is 17.2. The van der Waals surface area contributed by atoms with Gasteiger partial charge < -0.3 is 10.1 Å². The Morgan fingerprint density at radius 3 is 2.55 bits per heavy atom. The summed E-state index contributed by atoms with van der Waals surface area (Å²) in [5, 5.41) is 3.40. The van der Waals surface area contributed by atoms with Gasteiger partial charge in [0.15, 0.2) is 0 Å². The molecule has 0 spiro atoms. The van der Waals surface area contributed by atoms with Crippen molar-refractivity contribution < 1.29 is 18.7 Å². The number of amides is 1. The Kier molecular flexibility index (Phi) is 6.44. The molecule has 0 aliphatic carbocycles. The van der Waals surface area contributed by atoms with Gasteiger partial charge in [0.1, 0.15) is 10.8 Å². The first-order valence-corrected chi connectivity index (χ1v) is 10.9. The number of fused-ring (bicyclic) bond motifs is 1. The quantitative estimate of drug-likeness (QED) is 0.579. The van der Waals surface area contributed by atoms with Gasteiger partial charge in [0.05, 0.1) is 19.1 Å². The molecule has 0 unspecified atom stereocenters. The van der Waals surface area contributed by atoms with Crippen molar-refractivity contribution in [1.82, 2.24) is 4.90 Å². The standard InChI is InChI=1S/C24H23FN2O3S/c1-30-24(29)22-19-11-12-27(14-17-5-3-2-4-6-17)15-20(19)31-23(22)26-21(28)13-16-7-9-18(25)10-8-16/h2-10H,11-15H2,1H3,(H,26,28). The first-order valence-electron chi connectivity index (χ1n) is 10.1. The van der Waals surface area contributed by atoms with Gasteiger partial charge in [-0.25, -0.2) is 9.18 Å². The molecule has 1 aliphatic rings. The molecular weight excluding hydrogens is 415 g/mol. The number of ether oxygens (including phenoxy) is 1. The van der Waals surface area contributed by atoms with E-state index < -0.39 is 5.97 Å². The zero-order chi connectivity index (χ0) is 21.8. The summed E-state index contributed by atoms with van der Waals surface area (Å²) in [4.78, 5) is 28.5. The van der Waals surface area contributed by atoms with Crippen molar-refractivity contribution in [3.63, 3.8) is 0 Å². The third-order valence-electron chi connectivity index (χ3n) is 5.31. The van der Waals surface area contributed by atoms with Crippen LogP contribution in [0.5, 0.6) is 0 Å². The van der Waals surface area contributed by atoms with Crippen LogP contribution in [-0.4, -0.2) is 30.4 Å². The van der Waals surface area contributed by atoms with Crippen LogP contribution in [0.15, 0.2) is 54.6 Å². The van der Waals surface area contributed by atoms with Gasteiger partial charge in [-0.1, -0.05) is 42.5 Å². The Morgan fingerprint density at radius 1 is 1.10 bits per heavy atom. The van der Waals surface area contributed by atoms with Crippen LogP contribution in [0.2, 0.25) is 0 Å². The third kappa shape index (κ3) is 5.00. The highest BCUT2D eigenvalue weighted by Gasteiger charge is 2.29. The monoisotopic (exact) mass is 438 g/mol. The molecule has 31 heavy (non-hydrogen) atoms. The maximum Gasteiger partial charge on any atom is 0.341 e. The Hall–Kier alpha value is -3.03. The van der Waals surface area contributed by atoms with Crippen LogP contribution in [0, 0.1) is 5.82 Å². The van der Waals surface area contributed by atoms with E-state index in [2.05, 4.69) is 22.3 Å². The summed E-state index contributed by atoms with van der Waals surface area (Å²) in [5.74, 6) is -1.04. The summed E-state index contributed by atoms with van der Waals surface area (Å²) < 4.78 is 18.1. The average molecular weight is 439 g/mol. The molecule has 2 heterocycles. The Morgan fingerprint density at radius 2 is 1.84 bits per heavy atom. The average Bonchev–Trinajstić information content (AvgIpc) is 3.12. The number of nitrogens with one attached hydrogen (secondary N) is 1. The molecule has 1 aromatic heterocycles.